The number of fused-ring (bicyclic) bond motifs is 5. The van der Waals surface area contributed by atoms with E-state index in [-0.39, 0.29) is 0 Å². The van der Waals surface area contributed by atoms with E-state index in [4.69, 9.17) is 0 Å². The van der Waals surface area contributed by atoms with Crippen molar-refractivity contribution in [3.63, 3.8) is 0 Å². The summed E-state index contributed by atoms with van der Waals surface area (Å²) in [5.41, 5.74) is 8.02. The summed E-state index contributed by atoms with van der Waals surface area (Å²) < 4.78 is 0. The predicted octanol–water partition coefficient (Wildman–Crippen LogP) is 8.73. The van der Waals surface area contributed by atoms with Crippen LogP contribution < -0.4 is 0 Å². The van der Waals surface area contributed by atoms with E-state index < -0.39 is 0 Å². The Labute approximate surface area is 191 Å². The molecule has 5 aromatic rings. The van der Waals surface area contributed by atoms with E-state index in [9.17, 15) is 0 Å². The molecule has 0 radical (unpaired) electrons. The van der Waals surface area contributed by atoms with Crippen LogP contribution in [0.1, 0.15) is 25.0 Å². The molecule has 3 heteroatoms. The number of H-pyrrole nitrogens is 1. The summed E-state index contributed by atoms with van der Waals surface area (Å²) in [6.45, 7) is 4.54. The van der Waals surface area contributed by atoms with Gasteiger partial charge in [-0.3, -0.25) is 0 Å². The number of aryl methyl sites for hydroxylation is 2. The summed E-state index contributed by atoms with van der Waals surface area (Å²) in [7, 11) is 0. The van der Waals surface area contributed by atoms with Crippen molar-refractivity contribution >= 4 is 45.3 Å². The van der Waals surface area contributed by atoms with Crippen molar-refractivity contribution in [2.45, 2.75) is 46.3 Å². The molecule has 0 unspecified atom stereocenters. The van der Waals surface area contributed by atoms with E-state index in [2.05, 4.69) is 91.6 Å². The van der Waals surface area contributed by atoms with Crippen molar-refractivity contribution < 1.29 is 0 Å². The van der Waals surface area contributed by atoms with Gasteiger partial charge in [-0.1, -0.05) is 67.7 Å². The summed E-state index contributed by atoms with van der Waals surface area (Å²) in [6, 6.07) is 27.0. The summed E-state index contributed by atoms with van der Waals surface area (Å²) >= 11 is 3.81. The minimum absolute atomic E-state index is 1.02. The lowest BCUT2D eigenvalue weighted by molar-refractivity contribution is 1.07. The molecule has 4 aromatic carbocycles. The summed E-state index contributed by atoms with van der Waals surface area (Å²) in [5, 5.41) is 2.63. The first-order valence-electron chi connectivity index (χ1n) is 10.9. The van der Waals surface area contributed by atoms with E-state index in [1.807, 2.05) is 23.5 Å². The second kappa shape index (κ2) is 7.51. The van der Waals surface area contributed by atoms with Crippen LogP contribution in [0, 0.1) is 0 Å². The first-order valence-corrected chi connectivity index (χ1v) is 12.5. The topological polar surface area (TPSA) is 15.8 Å². The maximum absolute atomic E-state index is 3.64. The molecule has 2 heterocycles. The zero-order valence-corrected chi connectivity index (χ0v) is 19.3. The van der Waals surface area contributed by atoms with Gasteiger partial charge in [-0.15, -0.1) is 0 Å². The van der Waals surface area contributed by atoms with Gasteiger partial charge in [0, 0.05) is 41.4 Å². The molecule has 6 rings (SSSR count). The van der Waals surface area contributed by atoms with Crippen LogP contribution in [0.3, 0.4) is 0 Å². The second-order valence-electron chi connectivity index (χ2n) is 8.04. The monoisotopic (exact) mass is 437 g/mol. The average Bonchev–Trinajstić information content (AvgIpc) is 3.18. The van der Waals surface area contributed by atoms with Crippen LogP contribution in [0.25, 0.3) is 32.9 Å². The van der Waals surface area contributed by atoms with Crippen LogP contribution in [0.4, 0.5) is 0 Å². The molecule has 0 amide bonds. The van der Waals surface area contributed by atoms with E-state index in [0.717, 1.165) is 12.8 Å². The Balaban J connectivity index is 1.56. The first-order chi connectivity index (χ1) is 15.2. The number of aromatic amines is 1. The lowest BCUT2D eigenvalue weighted by atomic mass is 9.92. The van der Waals surface area contributed by atoms with Crippen LogP contribution in [0.2, 0.25) is 0 Å². The van der Waals surface area contributed by atoms with Gasteiger partial charge in [0.25, 0.3) is 0 Å². The van der Waals surface area contributed by atoms with Crippen LogP contribution in [0.5, 0.6) is 0 Å². The van der Waals surface area contributed by atoms with Gasteiger partial charge >= 0.3 is 0 Å². The molecule has 1 aliphatic rings. The Kier molecular flexibility index (Phi) is 4.62. The molecular weight excluding hydrogens is 414 g/mol. The van der Waals surface area contributed by atoms with Gasteiger partial charge in [0.15, 0.2) is 0 Å². The highest BCUT2D eigenvalue weighted by molar-refractivity contribution is 8.05. The van der Waals surface area contributed by atoms with Crippen molar-refractivity contribution in [2.24, 2.45) is 0 Å². The van der Waals surface area contributed by atoms with E-state index in [0.29, 0.717) is 0 Å². The molecular formula is C28H23NS2. The maximum atomic E-state index is 3.64. The number of aromatic nitrogens is 1. The Morgan fingerprint density at radius 1 is 0.581 bits per heavy atom. The lowest BCUT2D eigenvalue weighted by Gasteiger charge is -2.22. The standard InChI is InChI=1S/C28H23NS2/c1-3-17-13-22-19-9-5-6-10-23(19)29-24(22)15-20(17)21-16-28-27(14-18(21)4-2)30-25-11-7-8-12-26(25)31-28/h5-16,29H,3-4H2,1-2H3. The summed E-state index contributed by atoms with van der Waals surface area (Å²) in [4.78, 5) is 9.12. The fraction of sp³-hybridized carbons (Fsp3) is 0.143. The second-order valence-corrected chi connectivity index (χ2v) is 10.2. The van der Waals surface area contributed by atoms with E-state index >= 15 is 0 Å². The van der Waals surface area contributed by atoms with Crippen molar-refractivity contribution in [3.05, 3.63) is 83.9 Å². The molecule has 1 aliphatic heterocycles. The smallest absolute Gasteiger partial charge is 0.0471 e. The highest BCUT2D eigenvalue weighted by Crippen LogP contribution is 2.50. The predicted molar refractivity (Wildman–Crippen MR) is 135 cm³/mol. The molecule has 152 valence electrons. The molecule has 1 aromatic heterocycles. The van der Waals surface area contributed by atoms with Crippen molar-refractivity contribution in [1.82, 2.24) is 4.98 Å². The zero-order valence-electron chi connectivity index (χ0n) is 17.7. The fourth-order valence-corrected chi connectivity index (χ4v) is 6.95. The lowest BCUT2D eigenvalue weighted by Crippen LogP contribution is -1.97. The highest BCUT2D eigenvalue weighted by Gasteiger charge is 2.20. The Hall–Kier alpha value is -2.62. The number of nitrogens with one attached hydrogen (secondary N) is 1. The Morgan fingerprint density at radius 3 is 1.94 bits per heavy atom. The maximum Gasteiger partial charge on any atom is 0.0471 e. The minimum Gasteiger partial charge on any atom is -0.354 e. The van der Waals surface area contributed by atoms with Gasteiger partial charge in [-0.2, -0.15) is 0 Å². The average molecular weight is 438 g/mol. The molecule has 0 saturated heterocycles. The van der Waals surface area contributed by atoms with Crippen LogP contribution in [0.15, 0.2) is 92.4 Å². The van der Waals surface area contributed by atoms with Crippen LogP contribution >= 0.6 is 23.5 Å². The molecule has 0 saturated carbocycles. The summed E-state index contributed by atoms with van der Waals surface area (Å²) in [5.74, 6) is 0. The van der Waals surface area contributed by atoms with Gasteiger partial charge < -0.3 is 4.98 Å². The van der Waals surface area contributed by atoms with Crippen molar-refractivity contribution in [1.29, 1.82) is 0 Å². The van der Waals surface area contributed by atoms with Gasteiger partial charge in [-0.25, -0.2) is 0 Å². The molecule has 0 spiro atoms. The summed E-state index contributed by atoms with van der Waals surface area (Å²) in [6.07, 6.45) is 2.05. The SMILES string of the molecule is CCc1cc2c(cc1-c1cc3[nH]c4ccccc4c3cc1CC)Sc1ccccc1S2. The van der Waals surface area contributed by atoms with Crippen molar-refractivity contribution in [2.75, 3.05) is 0 Å². The molecule has 1 N–H and O–H groups in total. The molecule has 1 nitrogen and oxygen atoms in total. The fourth-order valence-electron chi connectivity index (χ4n) is 4.65. The quantitative estimate of drug-likeness (QED) is 0.298. The van der Waals surface area contributed by atoms with Gasteiger partial charge in [0.2, 0.25) is 0 Å². The molecule has 31 heavy (non-hydrogen) atoms. The highest BCUT2D eigenvalue weighted by atomic mass is 32.2. The largest absolute Gasteiger partial charge is 0.354 e. The Bertz CT molecular complexity index is 1460. The number of rotatable bonds is 3. The third kappa shape index (κ3) is 3.10. The van der Waals surface area contributed by atoms with Crippen LogP contribution in [-0.4, -0.2) is 4.98 Å². The van der Waals surface area contributed by atoms with Gasteiger partial charge in [0.1, 0.15) is 0 Å². The van der Waals surface area contributed by atoms with Crippen LogP contribution in [-0.2, 0) is 12.8 Å². The molecule has 0 aliphatic carbocycles. The van der Waals surface area contributed by atoms with Gasteiger partial charge in [-0.05, 0) is 77.6 Å². The zero-order chi connectivity index (χ0) is 20.9. The number of benzene rings is 4. The van der Waals surface area contributed by atoms with Gasteiger partial charge in [0.05, 0.1) is 0 Å². The van der Waals surface area contributed by atoms with E-state index in [1.165, 1.54) is 63.6 Å². The molecule has 0 fully saturated rings. The molecule has 0 atom stereocenters. The number of hydrogen-bond acceptors (Lipinski definition) is 2. The van der Waals surface area contributed by atoms with E-state index in [1.54, 1.807) is 0 Å². The normalized spacial score (nSPS) is 12.8. The third-order valence-electron chi connectivity index (χ3n) is 6.24. The Morgan fingerprint density at radius 2 is 1.19 bits per heavy atom. The number of para-hydroxylation sites is 1. The first kappa shape index (κ1) is 19.1. The number of hydrogen-bond donors (Lipinski definition) is 1. The minimum atomic E-state index is 1.02. The molecule has 0 bridgehead atoms. The van der Waals surface area contributed by atoms with Crippen molar-refractivity contribution in [3.8, 4) is 11.1 Å². The third-order valence-corrected chi connectivity index (χ3v) is 8.77.